The highest BCUT2D eigenvalue weighted by Gasteiger charge is 2.23. The third kappa shape index (κ3) is 2.93. The number of carbonyl (C=O) groups is 2. The summed E-state index contributed by atoms with van der Waals surface area (Å²) in [4.78, 5) is 25.2. The second-order valence-electron chi connectivity index (χ2n) is 5.14. The first-order chi connectivity index (χ1) is 10.6. The number of nitrogens with one attached hydrogen (secondary N) is 1. The van der Waals surface area contributed by atoms with Gasteiger partial charge in [-0.3, -0.25) is 9.69 Å². The number of hydrogen-bond acceptors (Lipinski definition) is 3. The van der Waals surface area contributed by atoms with Crippen LogP contribution < -0.4 is 10.2 Å². The number of aryl methyl sites for hydroxylation is 1. The maximum atomic E-state index is 12.2. The van der Waals surface area contributed by atoms with E-state index in [4.69, 9.17) is 4.74 Å². The fourth-order valence-corrected chi connectivity index (χ4v) is 2.34. The first-order valence-corrected chi connectivity index (χ1v) is 7.06. The van der Waals surface area contributed by atoms with Crippen molar-refractivity contribution in [2.75, 3.05) is 23.4 Å². The molecule has 0 saturated carbocycles. The third-order valence-electron chi connectivity index (χ3n) is 3.48. The Labute approximate surface area is 128 Å². The average molecular weight is 296 g/mol. The largest absolute Gasteiger partial charge is 0.447 e. The Morgan fingerprint density at radius 3 is 2.59 bits per heavy atom. The fraction of sp³-hybridized carbons (Fsp3) is 0.176. The van der Waals surface area contributed by atoms with Crippen molar-refractivity contribution in [2.45, 2.75) is 6.92 Å². The van der Waals surface area contributed by atoms with E-state index < -0.39 is 0 Å². The molecule has 0 unspecified atom stereocenters. The lowest BCUT2D eigenvalue weighted by atomic mass is 10.1. The highest BCUT2D eigenvalue weighted by Crippen LogP contribution is 2.21. The predicted octanol–water partition coefficient (Wildman–Crippen LogP) is 3.20. The van der Waals surface area contributed by atoms with Gasteiger partial charge in [0.25, 0.3) is 5.91 Å². The molecule has 0 spiro atoms. The predicted molar refractivity (Wildman–Crippen MR) is 84.3 cm³/mol. The summed E-state index contributed by atoms with van der Waals surface area (Å²) >= 11 is 0. The molecule has 3 rings (SSSR count). The van der Waals surface area contributed by atoms with E-state index in [-0.39, 0.29) is 12.0 Å². The molecule has 0 radical (unpaired) electrons. The normalized spacial score (nSPS) is 13.9. The molecule has 1 fully saturated rings. The Morgan fingerprint density at radius 1 is 1.18 bits per heavy atom. The van der Waals surface area contributed by atoms with E-state index in [0.717, 1.165) is 11.3 Å². The molecule has 1 saturated heterocycles. The van der Waals surface area contributed by atoms with E-state index >= 15 is 0 Å². The van der Waals surface area contributed by atoms with Crippen molar-refractivity contribution in [3.05, 3.63) is 59.7 Å². The summed E-state index contributed by atoms with van der Waals surface area (Å²) in [5.41, 5.74) is 3.10. The molecule has 0 bridgehead atoms. The first-order valence-electron chi connectivity index (χ1n) is 7.06. The average Bonchev–Trinajstić information content (AvgIpc) is 2.94. The second-order valence-corrected chi connectivity index (χ2v) is 5.14. The van der Waals surface area contributed by atoms with E-state index in [9.17, 15) is 9.59 Å². The van der Waals surface area contributed by atoms with Crippen molar-refractivity contribution in [1.82, 2.24) is 0 Å². The molecule has 1 aliphatic rings. The first kappa shape index (κ1) is 14.1. The topological polar surface area (TPSA) is 58.6 Å². The Balaban J connectivity index is 1.71. The number of carbonyl (C=O) groups excluding carboxylic acids is 2. The van der Waals surface area contributed by atoms with Crippen LogP contribution in [0.4, 0.5) is 16.2 Å². The zero-order valence-corrected chi connectivity index (χ0v) is 12.2. The van der Waals surface area contributed by atoms with Crippen molar-refractivity contribution in [3.8, 4) is 0 Å². The zero-order chi connectivity index (χ0) is 15.5. The summed E-state index contributed by atoms with van der Waals surface area (Å²) in [6, 6.07) is 14.5. The smallest absolute Gasteiger partial charge is 0.414 e. The fourth-order valence-electron chi connectivity index (χ4n) is 2.34. The van der Waals surface area contributed by atoms with E-state index in [1.54, 1.807) is 35.2 Å². The van der Waals surface area contributed by atoms with E-state index in [2.05, 4.69) is 5.32 Å². The number of ether oxygens (including phenoxy) is 1. The van der Waals surface area contributed by atoms with Crippen molar-refractivity contribution < 1.29 is 14.3 Å². The van der Waals surface area contributed by atoms with Gasteiger partial charge in [0.05, 0.1) is 6.54 Å². The summed E-state index contributed by atoms with van der Waals surface area (Å²) in [6.07, 6.45) is -0.337. The minimum atomic E-state index is -0.337. The van der Waals surface area contributed by atoms with Crippen LogP contribution in [0.2, 0.25) is 0 Å². The summed E-state index contributed by atoms with van der Waals surface area (Å²) in [5.74, 6) is -0.156. The molecule has 2 aromatic carbocycles. The standard InChI is InChI=1S/C17H16N2O3/c1-12-3-2-4-13(11-12)16(20)18-14-5-7-15(8-6-14)19-9-10-22-17(19)21/h2-8,11H,9-10H2,1H3,(H,18,20). The van der Waals surface area contributed by atoms with Crippen LogP contribution in [-0.4, -0.2) is 25.2 Å². The second kappa shape index (κ2) is 5.89. The van der Waals surface area contributed by atoms with Gasteiger partial charge in [-0.25, -0.2) is 4.79 Å². The molecular formula is C17H16N2O3. The van der Waals surface area contributed by atoms with Gasteiger partial charge in [0, 0.05) is 16.9 Å². The van der Waals surface area contributed by atoms with Gasteiger partial charge in [0.1, 0.15) is 6.61 Å². The molecule has 2 aromatic rings. The number of rotatable bonds is 3. The highest BCUT2D eigenvalue weighted by atomic mass is 16.6. The number of hydrogen-bond donors (Lipinski definition) is 1. The van der Waals surface area contributed by atoms with E-state index in [0.29, 0.717) is 24.4 Å². The molecule has 0 aromatic heterocycles. The van der Waals surface area contributed by atoms with Crippen molar-refractivity contribution in [1.29, 1.82) is 0 Å². The summed E-state index contributed by atoms with van der Waals surface area (Å²) in [5, 5.41) is 2.84. The molecule has 1 aliphatic heterocycles. The quantitative estimate of drug-likeness (QED) is 0.946. The van der Waals surface area contributed by atoms with Gasteiger partial charge in [-0.2, -0.15) is 0 Å². The van der Waals surface area contributed by atoms with Gasteiger partial charge in [-0.1, -0.05) is 17.7 Å². The van der Waals surface area contributed by atoms with Gasteiger partial charge >= 0.3 is 6.09 Å². The molecule has 2 amide bonds. The molecule has 0 atom stereocenters. The lowest BCUT2D eigenvalue weighted by molar-refractivity contribution is 0.102. The summed E-state index contributed by atoms with van der Waals surface area (Å²) in [7, 11) is 0. The van der Waals surface area contributed by atoms with Gasteiger partial charge in [0.15, 0.2) is 0 Å². The maximum absolute atomic E-state index is 12.2. The van der Waals surface area contributed by atoms with Crippen LogP contribution in [0.25, 0.3) is 0 Å². The van der Waals surface area contributed by atoms with Gasteiger partial charge in [-0.15, -0.1) is 0 Å². The van der Waals surface area contributed by atoms with Crippen LogP contribution in [-0.2, 0) is 4.74 Å². The monoisotopic (exact) mass is 296 g/mol. The molecular weight excluding hydrogens is 280 g/mol. The number of nitrogens with zero attached hydrogens (tertiary/aromatic N) is 1. The third-order valence-corrected chi connectivity index (χ3v) is 3.48. The molecule has 5 nitrogen and oxygen atoms in total. The summed E-state index contributed by atoms with van der Waals surface area (Å²) < 4.78 is 4.90. The maximum Gasteiger partial charge on any atom is 0.414 e. The van der Waals surface area contributed by atoms with Crippen molar-refractivity contribution >= 4 is 23.4 Å². The Kier molecular flexibility index (Phi) is 3.78. The zero-order valence-electron chi connectivity index (χ0n) is 12.2. The Morgan fingerprint density at radius 2 is 1.95 bits per heavy atom. The Bertz CT molecular complexity index is 710. The number of cyclic esters (lactones) is 1. The van der Waals surface area contributed by atoms with Crippen LogP contribution in [0.3, 0.4) is 0 Å². The SMILES string of the molecule is Cc1cccc(C(=O)Nc2ccc(N3CCOC3=O)cc2)c1. The lowest BCUT2D eigenvalue weighted by Crippen LogP contribution is -2.23. The van der Waals surface area contributed by atoms with E-state index in [1.165, 1.54) is 0 Å². The van der Waals surface area contributed by atoms with Gasteiger partial charge < -0.3 is 10.1 Å². The van der Waals surface area contributed by atoms with E-state index in [1.807, 2.05) is 25.1 Å². The van der Waals surface area contributed by atoms with Crippen LogP contribution in [0.15, 0.2) is 48.5 Å². The number of benzene rings is 2. The summed E-state index contributed by atoms with van der Waals surface area (Å²) in [6.45, 7) is 2.90. The van der Waals surface area contributed by atoms with Crippen LogP contribution in [0.1, 0.15) is 15.9 Å². The molecule has 1 heterocycles. The molecule has 5 heteroatoms. The molecule has 1 N–H and O–H groups in total. The van der Waals surface area contributed by atoms with Gasteiger partial charge in [-0.05, 0) is 43.3 Å². The number of amides is 2. The van der Waals surface area contributed by atoms with Gasteiger partial charge in [0.2, 0.25) is 0 Å². The van der Waals surface area contributed by atoms with Crippen LogP contribution in [0, 0.1) is 6.92 Å². The van der Waals surface area contributed by atoms with Crippen LogP contribution >= 0.6 is 0 Å². The van der Waals surface area contributed by atoms with Crippen molar-refractivity contribution in [3.63, 3.8) is 0 Å². The lowest BCUT2D eigenvalue weighted by Gasteiger charge is -2.13. The Hall–Kier alpha value is -2.82. The number of anilines is 2. The minimum absolute atomic E-state index is 0.156. The molecule has 0 aliphatic carbocycles. The van der Waals surface area contributed by atoms with Crippen molar-refractivity contribution in [2.24, 2.45) is 0 Å². The van der Waals surface area contributed by atoms with Crippen LogP contribution in [0.5, 0.6) is 0 Å². The molecule has 112 valence electrons. The minimum Gasteiger partial charge on any atom is -0.447 e. The molecule has 22 heavy (non-hydrogen) atoms. The highest BCUT2D eigenvalue weighted by molar-refractivity contribution is 6.04.